The van der Waals surface area contributed by atoms with Crippen LogP contribution >= 0.6 is 0 Å². The standard InChI is InChI=1S/C16H26O9/c1-7-2-3-8(9(4-17)15(22)23)10(7)6-24-16-14(21)13(20)12(19)11(5-18)25-16/h8-9,11-14,16-21H,2-6H2,1H3,(H,22,23)/t8-,9-,11+,12-,13-,14-,16+/m1/s1. The first kappa shape index (κ1) is 20.2. The van der Waals surface area contributed by atoms with Crippen LogP contribution in [0.4, 0.5) is 0 Å². The number of allylic oxidation sites excluding steroid dienone is 1. The highest BCUT2D eigenvalue weighted by atomic mass is 16.7. The van der Waals surface area contributed by atoms with Gasteiger partial charge in [0.15, 0.2) is 6.29 Å². The van der Waals surface area contributed by atoms with Crippen molar-refractivity contribution in [2.75, 3.05) is 19.8 Å². The fraction of sp³-hybridized carbons (Fsp3) is 0.812. The Morgan fingerprint density at radius 1 is 1.24 bits per heavy atom. The number of carbonyl (C=O) groups is 1. The molecule has 0 amide bonds. The number of hydrogen-bond donors (Lipinski definition) is 6. The maximum atomic E-state index is 11.3. The summed E-state index contributed by atoms with van der Waals surface area (Å²) in [5.41, 5.74) is 1.67. The van der Waals surface area contributed by atoms with Crippen molar-refractivity contribution >= 4 is 5.97 Å². The second-order valence-corrected chi connectivity index (χ2v) is 6.59. The molecule has 7 atom stereocenters. The first-order chi connectivity index (χ1) is 11.8. The number of ether oxygens (including phenoxy) is 2. The van der Waals surface area contributed by atoms with Crippen LogP contribution in [-0.4, -0.2) is 87.1 Å². The van der Waals surface area contributed by atoms with Crippen LogP contribution in [0.1, 0.15) is 19.8 Å². The van der Waals surface area contributed by atoms with Crippen molar-refractivity contribution in [3.63, 3.8) is 0 Å². The van der Waals surface area contributed by atoms with Gasteiger partial charge in [-0.3, -0.25) is 4.79 Å². The molecule has 6 N–H and O–H groups in total. The Kier molecular flexibility index (Phi) is 6.92. The first-order valence-electron chi connectivity index (χ1n) is 8.26. The minimum Gasteiger partial charge on any atom is -0.481 e. The molecule has 0 spiro atoms. The van der Waals surface area contributed by atoms with Crippen LogP contribution in [0, 0.1) is 11.8 Å². The Labute approximate surface area is 145 Å². The normalized spacial score (nSPS) is 37.4. The molecule has 0 unspecified atom stereocenters. The monoisotopic (exact) mass is 362 g/mol. The number of rotatable bonds is 7. The van der Waals surface area contributed by atoms with E-state index in [1.165, 1.54) is 0 Å². The maximum absolute atomic E-state index is 11.3. The summed E-state index contributed by atoms with van der Waals surface area (Å²) in [5.74, 6) is -2.41. The van der Waals surface area contributed by atoms with E-state index in [0.717, 1.165) is 11.1 Å². The molecule has 1 fully saturated rings. The van der Waals surface area contributed by atoms with E-state index in [1.54, 1.807) is 0 Å². The zero-order chi connectivity index (χ0) is 18.7. The molecule has 1 saturated heterocycles. The summed E-state index contributed by atoms with van der Waals surface area (Å²) in [6.45, 7) is 0.767. The van der Waals surface area contributed by atoms with Gasteiger partial charge < -0.3 is 40.1 Å². The largest absolute Gasteiger partial charge is 0.481 e. The van der Waals surface area contributed by atoms with Gasteiger partial charge in [0, 0.05) is 0 Å². The topological polar surface area (TPSA) is 157 Å². The molecule has 0 aromatic heterocycles. The lowest BCUT2D eigenvalue weighted by atomic mass is 9.87. The van der Waals surface area contributed by atoms with Gasteiger partial charge in [-0.05, 0) is 31.3 Å². The van der Waals surface area contributed by atoms with Gasteiger partial charge in [-0.1, -0.05) is 5.57 Å². The van der Waals surface area contributed by atoms with Crippen molar-refractivity contribution in [2.24, 2.45) is 11.8 Å². The van der Waals surface area contributed by atoms with Crippen LogP contribution in [0.25, 0.3) is 0 Å². The van der Waals surface area contributed by atoms with Gasteiger partial charge in [0.05, 0.1) is 25.7 Å². The summed E-state index contributed by atoms with van der Waals surface area (Å²) in [7, 11) is 0. The third kappa shape index (κ3) is 4.20. The maximum Gasteiger partial charge on any atom is 0.309 e. The lowest BCUT2D eigenvalue weighted by molar-refractivity contribution is -0.299. The number of carboxylic acids is 1. The van der Waals surface area contributed by atoms with E-state index in [2.05, 4.69) is 0 Å². The van der Waals surface area contributed by atoms with Crippen LogP contribution in [-0.2, 0) is 14.3 Å². The van der Waals surface area contributed by atoms with Crippen molar-refractivity contribution in [2.45, 2.75) is 50.5 Å². The van der Waals surface area contributed by atoms with Crippen LogP contribution < -0.4 is 0 Å². The SMILES string of the molecule is CC1=C(CO[C@H]2O[C@@H](CO)[C@@H](O)[C@@H](O)[C@H]2O)[C@@H]([C@@H](CO)C(=O)O)CC1. The summed E-state index contributed by atoms with van der Waals surface area (Å²) < 4.78 is 10.8. The zero-order valence-electron chi connectivity index (χ0n) is 14.0. The average molecular weight is 362 g/mol. The Hall–Kier alpha value is -1.07. The molecule has 9 nitrogen and oxygen atoms in total. The van der Waals surface area contributed by atoms with Crippen molar-refractivity contribution in [3.05, 3.63) is 11.1 Å². The molecule has 0 radical (unpaired) electrons. The van der Waals surface area contributed by atoms with E-state index < -0.39 is 55.8 Å². The molecule has 9 heteroatoms. The quantitative estimate of drug-likeness (QED) is 0.288. The van der Waals surface area contributed by atoms with Crippen LogP contribution in [0.15, 0.2) is 11.1 Å². The van der Waals surface area contributed by atoms with Gasteiger partial charge in [-0.2, -0.15) is 0 Å². The predicted molar refractivity (Wildman–Crippen MR) is 83.4 cm³/mol. The van der Waals surface area contributed by atoms with Gasteiger partial charge >= 0.3 is 5.97 Å². The molecular formula is C16H26O9. The highest BCUT2D eigenvalue weighted by molar-refractivity contribution is 5.71. The summed E-state index contributed by atoms with van der Waals surface area (Å²) in [6, 6.07) is 0. The summed E-state index contributed by atoms with van der Waals surface area (Å²) in [5, 5.41) is 57.3. The molecule has 1 aliphatic heterocycles. The minimum atomic E-state index is -1.53. The third-order valence-corrected chi connectivity index (χ3v) is 5.08. The molecule has 1 aliphatic carbocycles. The fourth-order valence-electron chi connectivity index (χ4n) is 3.45. The molecular weight excluding hydrogens is 336 g/mol. The van der Waals surface area contributed by atoms with Gasteiger partial charge in [-0.15, -0.1) is 0 Å². The molecule has 0 aromatic rings. The van der Waals surface area contributed by atoms with Gasteiger partial charge in [0.1, 0.15) is 24.4 Å². The van der Waals surface area contributed by atoms with Crippen molar-refractivity contribution in [1.82, 2.24) is 0 Å². The number of hydrogen-bond acceptors (Lipinski definition) is 8. The minimum absolute atomic E-state index is 0.0387. The molecule has 0 bridgehead atoms. The number of aliphatic carboxylic acids is 1. The van der Waals surface area contributed by atoms with Crippen LogP contribution in [0.2, 0.25) is 0 Å². The van der Waals surface area contributed by atoms with Gasteiger partial charge in [-0.25, -0.2) is 0 Å². The summed E-state index contributed by atoms with van der Waals surface area (Å²) >= 11 is 0. The fourth-order valence-corrected chi connectivity index (χ4v) is 3.45. The van der Waals surface area contributed by atoms with E-state index in [-0.39, 0.29) is 12.5 Å². The van der Waals surface area contributed by atoms with Crippen molar-refractivity contribution < 1.29 is 44.9 Å². The van der Waals surface area contributed by atoms with Gasteiger partial charge in [0.25, 0.3) is 0 Å². The highest BCUT2D eigenvalue weighted by Crippen LogP contribution is 2.37. The highest BCUT2D eigenvalue weighted by Gasteiger charge is 2.44. The summed E-state index contributed by atoms with van der Waals surface area (Å²) in [4.78, 5) is 11.3. The predicted octanol–water partition coefficient (Wildman–Crippen LogP) is -1.78. The molecule has 2 aliphatic rings. The molecule has 1 heterocycles. The second kappa shape index (κ2) is 8.54. The Bertz CT molecular complexity index is 504. The number of aliphatic hydroxyl groups excluding tert-OH is 5. The Morgan fingerprint density at radius 2 is 1.92 bits per heavy atom. The number of carboxylic acid groups (broad SMARTS) is 1. The Balaban J connectivity index is 2.05. The third-order valence-electron chi connectivity index (χ3n) is 5.08. The Morgan fingerprint density at radius 3 is 2.48 bits per heavy atom. The lowest BCUT2D eigenvalue weighted by Crippen LogP contribution is -2.59. The zero-order valence-corrected chi connectivity index (χ0v) is 14.0. The molecule has 144 valence electrons. The van der Waals surface area contributed by atoms with E-state index in [9.17, 15) is 35.4 Å². The van der Waals surface area contributed by atoms with E-state index in [1.807, 2.05) is 6.92 Å². The van der Waals surface area contributed by atoms with E-state index in [0.29, 0.717) is 12.8 Å². The molecule has 25 heavy (non-hydrogen) atoms. The van der Waals surface area contributed by atoms with Crippen LogP contribution in [0.3, 0.4) is 0 Å². The average Bonchev–Trinajstić information content (AvgIpc) is 2.93. The van der Waals surface area contributed by atoms with Gasteiger partial charge in [0.2, 0.25) is 0 Å². The first-order valence-corrected chi connectivity index (χ1v) is 8.26. The van der Waals surface area contributed by atoms with E-state index in [4.69, 9.17) is 9.47 Å². The smallest absolute Gasteiger partial charge is 0.309 e. The molecule has 2 rings (SSSR count). The summed E-state index contributed by atoms with van der Waals surface area (Å²) in [6.07, 6.45) is -5.58. The van der Waals surface area contributed by atoms with Crippen molar-refractivity contribution in [1.29, 1.82) is 0 Å². The van der Waals surface area contributed by atoms with Crippen molar-refractivity contribution in [3.8, 4) is 0 Å². The molecule has 0 saturated carbocycles. The second-order valence-electron chi connectivity index (χ2n) is 6.59. The van der Waals surface area contributed by atoms with E-state index >= 15 is 0 Å². The number of aliphatic hydroxyl groups is 5. The molecule has 0 aromatic carbocycles. The van der Waals surface area contributed by atoms with Crippen LogP contribution in [0.5, 0.6) is 0 Å². The lowest BCUT2D eigenvalue weighted by Gasteiger charge is -2.39.